The van der Waals surface area contributed by atoms with E-state index in [1.54, 1.807) is 36.4 Å². The third-order valence-corrected chi connectivity index (χ3v) is 8.14. The Hall–Kier alpha value is -2.94. The molecule has 0 bridgehead atoms. The Morgan fingerprint density at radius 2 is 1.82 bits per heavy atom. The summed E-state index contributed by atoms with van der Waals surface area (Å²) in [6, 6.07) is 14.6. The number of anilines is 1. The molecule has 1 fully saturated rings. The van der Waals surface area contributed by atoms with E-state index < -0.39 is 19.9 Å². The molecule has 1 N–H and O–H groups in total. The van der Waals surface area contributed by atoms with E-state index in [0.29, 0.717) is 24.3 Å². The van der Waals surface area contributed by atoms with Crippen LogP contribution in [0.1, 0.15) is 18.4 Å². The van der Waals surface area contributed by atoms with E-state index in [1.807, 2.05) is 6.07 Å². The molecule has 1 aliphatic heterocycles. The molecule has 0 spiro atoms. The lowest BCUT2D eigenvalue weighted by Crippen LogP contribution is -2.41. The van der Waals surface area contributed by atoms with Gasteiger partial charge in [0.15, 0.2) is 9.84 Å². The van der Waals surface area contributed by atoms with Crippen molar-refractivity contribution in [3.05, 3.63) is 54.1 Å². The summed E-state index contributed by atoms with van der Waals surface area (Å²) in [7, 11) is -6.95. The van der Waals surface area contributed by atoms with Crippen molar-refractivity contribution in [3.63, 3.8) is 0 Å². The minimum Gasteiger partial charge on any atom is -0.492 e. The zero-order chi connectivity index (χ0) is 24.1. The molecule has 9 nitrogen and oxygen atoms in total. The van der Waals surface area contributed by atoms with Gasteiger partial charge in [-0.1, -0.05) is 18.2 Å². The number of carbonyl (C=O) groups excluding carboxylic acids is 1. The van der Waals surface area contributed by atoms with E-state index in [9.17, 15) is 26.9 Å². The average Bonchev–Trinajstić information content (AvgIpc) is 2.78. The Balaban J connectivity index is 1.58. The maximum Gasteiger partial charge on any atom is 0.244 e. The van der Waals surface area contributed by atoms with Crippen molar-refractivity contribution in [2.24, 2.45) is 5.92 Å². The van der Waals surface area contributed by atoms with E-state index in [-0.39, 0.29) is 47.7 Å². The lowest BCUT2D eigenvalue weighted by Gasteiger charge is -2.30. The van der Waals surface area contributed by atoms with E-state index in [1.165, 1.54) is 16.4 Å². The van der Waals surface area contributed by atoms with Gasteiger partial charge in [0, 0.05) is 37.0 Å². The predicted octanol–water partition coefficient (Wildman–Crippen LogP) is 2.02. The smallest absolute Gasteiger partial charge is 0.244 e. The molecule has 0 unspecified atom stereocenters. The van der Waals surface area contributed by atoms with Crippen LogP contribution in [0.4, 0.5) is 5.69 Å². The summed E-state index contributed by atoms with van der Waals surface area (Å²) in [5, 5.41) is 12.0. The third kappa shape index (κ3) is 6.54. The second-order valence-electron chi connectivity index (χ2n) is 7.78. The number of rotatable bonds is 8. The minimum absolute atomic E-state index is 0.0120. The van der Waals surface area contributed by atoms with Gasteiger partial charge in [0.1, 0.15) is 18.4 Å². The summed E-state index contributed by atoms with van der Waals surface area (Å²) in [5.41, 5.74) is 0.603. The predicted molar refractivity (Wildman–Crippen MR) is 123 cm³/mol. The molecule has 1 amide bonds. The SMILES string of the molecule is CS(=O)(=O)CCOc1cccc(NC(=O)C2CCN(S(=O)(=O)c3ccccc3C#N)CC2)c1. The van der Waals surface area contributed by atoms with E-state index >= 15 is 0 Å². The molecule has 2 aromatic rings. The van der Waals surface area contributed by atoms with E-state index in [0.717, 1.165) is 6.26 Å². The Bertz CT molecular complexity index is 1260. The standard InChI is InChI=1S/C22H25N3O6S2/c1-32(27,28)14-13-31-20-7-4-6-19(15-20)24-22(26)17-9-11-25(12-10-17)33(29,30)21-8-3-2-5-18(21)16-23/h2-8,15,17H,9-14H2,1H3,(H,24,26). The van der Waals surface area contributed by atoms with Crippen LogP contribution in [0.15, 0.2) is 53.4 Å². The first-order valence-electron chi connectivity index (χ1n) is 10.3. The number of amides is 1. The van der Waals surface area contributed by atoms with Crippen LogP contribution in [-0.2, 0) is 24.7 Å². The molecule has 0 aromatic heterocycles. The summed E-state index contributed by atoms with van der Waals surface area (Å²) in [6.07, 6.45) is 1.83. The summed E-state index contributed by atoms with van der Waals surface area (Å²) >= 11 is 0. The first-order valence-corrected chi connectivity index (χ1v) is 13.8. The maximum atomic E-state index is 12.9. The zero-order valence-electron chi connectivity index (χ0n) is 18.1. The largest absolute Gasteiger partial charge is 0.492 e. The number of carbonyl (C=O) groups is 1. The van der Waals surface area contributed by atoms with Gasteiger partial charge >= 0.3 is 0 Å². The van der Waals surface area contributed by atoms with Crippen LogP contribution in [0.25, 0.3) is 0 Å². The molecule has 1 heterocycles. The second kappa shape index (κ2) is 10.3. The molecule has 0 atom stereocenters. The van der Waals surface area contributed by atoms with Crippen LogP contribution in [-0.4, -0.2) is 58.8 Å². The van der Waals surface area contributed by atoms with Crippen LogP contribution >= 0.6 is 0 Å². The molecule has 0 radical (unpaired) electrons. The van der Waals surface area contributed by atoms with E-state index in [2.05, 4.69) is 5.32 Å². The highest BCUT2D eigenvalue weighted by molar-refractivity contribution is 7.90. The zero-order valence-corrected chi connectivity index (χ0v) is 19.7. The molecule has 1 saturated heterocycles. The van der Waals surface area contributed by atoms with Crippen LogP contribution in [0, 0.1) is 17.2 Å². The monoisotopic (exact) mass is 491 g/mol. The topological polar surface area (TPSA) is 134 Å². The Kier molecular flexibility index (Phi) is 7.73. The van der Waals surface area contributed by atoms with Gasteiger partial charge in [0.05, 0.1) is 16.2 Å². The van der Waals surface area contributed by atoms with Crippen LogP contribution in [0.5, 0.6) is 5.75 Å². The van der Waals surface area contributed by atoms with E-state index in [4.69, 9.17) is 4.74 Å². The van der Waals surface area contributed by atoms with Crippen LogP contribution < -0.4 is 10.1 Å². The molecular formula is C22H25N3O6S2. The molecule has 2 aromatic carbocycles. The average molecular weight is 492 g/mol. The fourth-order valence-corrected chi connectivity index (χ4v) is 5.50. The van der Waals surface area contributed by atoms with Gasteiger partial charge in [-0.05, 0) is 37.1 Å². The van der Waals surface area contributed by atoms with Crippen molar-refractivity contribution in [1.82, 2.24) is 4.31 Å². The van der Waals surface area contributed by atoms with Gasteiger partial charge in [-0.25, -0.2) is 16.8 Å². The summed E-state index contributed by atoms with van der Waals surface area (Å²) in [5.74, 6) is -0.257. The third-order valence-electron chi connectivity index (χ3n) is 5.27. The van der Waals surface area contributed by atoms with Crippen LogP contribution in [0.3, 0.4) is 0 Å². The Morgan fingerprint density at radius 3 is 2.48 bits per heavy atom. The molecule has 11 heteroatoms. The fraction of sp³-hybridized carbons (Fsp3) is 0.364. The summed E-state index contributed by atoms with van der Waals surface area (Å²) < 4.78 is 55.1. The van der Waals surface area contributed by atoms with Gasteiger partial charge in [-0.2, -0.15) is 9.57 Å². The number of sulfonamides is 1. The number of benzene rings is 2. The normalized spacial score (nSPS) is 15.5. The number of ether oxygens (including phenoxy) is 1. The van der Waals surface area contributed by atoms with Crippen molar-refractivity contribution in [2.75, 3.05) is 37.0 Å². The van der Waals surface area contributed by atoms with Crippen molar-refractivity contribution in [1.29, 1.82) is 5.26 Å². The fourth-order valence-electron chi connectivity index (χ4n) is 3.50. The minimum atomic E-state index is -3.82. The quantitative estimate of drug-likeness (QED) is 0.597. The lowest BCUT2D eigenvalue weighted by molar-refractivity contribution is -0.120. The molecular weight excluding hydrogens is 466 g/mol. The number of nitriles is 1. The highest BCUT2D eigenvalue weighted by Crippen LogP contribution is 2.27. The lowest BCUT2D eigenvalue weighted by atomic mass is 9.97. The molecule has 0 saturated carbocycles. The van der Waals surface area contributed by atoms with Gasteiger partial charge in [-0.3, -0.25) is 4.79 Å². The van der Waals surface area contributed by atoms with Crippen molar-refractivity contribution >= 4 is 31.5 Å². The van der Waals surface area contributed by atoms with Gasteiger partial charge in [0.25, 0.3) is 0 Å². The second-order valence-corrected chi connectivity index (χ2v) is 11.9. The van der Waals surface area contributed by atoms with Gasteiger partial charge < -0.3 is 10.1 Å². The number of nitrogens with zero attached hydrogens (tertiary/aromatic N) is 2. The molecule has 1 aliphatic rings. The molecule has 176 valence electrons. The highest BCUT2D eigenvalue weighted by Gasteiger charge is 2.33. The van der Waals surface area contributed by atoms with Crippen LogP contribution in [0.2, 0.25) is 0 Å². The van der Waals surface area contributed by atoms with Crippen molar-refractivity contribution < 1.29 is 26.4 Å². The van der Waals surface area contributed by atoms with Crippen molar-refractivity contribution in [2.45, 2.75) is 17.7 Å². The number of nitrogens with one attached hydrogen (secondary N) is 1. The number of hydrogen-bond acceptors (Lipinski definition) is 7. The maximum absolute atomic E-state index is 12.9. The Labute approximate surface area is 193 Å². The summed E-state index contributed by atoms with van der Waals surface area (Å²) in [4.78, 5) is 12.7. The first kappa shape index (κ1) is 24.7. The molecule has 33 heavy (non-hydrogen) atoms. The number of hydrogen-bond donors (Lipinski definition) is 1. The Morgan fingerprint density at radius 1 is 1.12 bits per heavy atom. The van der Waals surface area contributed by atoms with Gasteiger partial charge in [0.2, 0.25) is 15.9 Å². The first-order chi connectivity index (χ1) is 15.6. The van der Waals surface area contributed by atoms with Crippen molar-refractivity contribution in [3.8, 4) is 11.8 Å². The highest BCUT2D eigenvalue weighted by atomic mass is 32.2. The molecule has 0 aliphatic carbocycles. The number of sulfone groups is 1. The summed E-state index contributed by atoms with van der Waals surface area (Å²) in [6.45, 7) is 0.363. The molecule has 3 rings (SSSR count). The van der Waals surface area contributed by atoms with Gasteiger partial charge in [-0.15, -0.1) is 0 Å². The number of piperidine rings is 1.